The molecule has 0 spiro atoms. The molecule has 86 heavy (non-hydrogen) atoms. The number of hydrogen-bond donors (Lipinski definition) is 7. The second-order valence-electron chi connectivity index (χ2n) is 23.7. The summed E-state index contributed by atoms with van der Waals surface area (Å²) in [6, 6.07) is 11.4. The molecular formula is C65H78F3N15O3. The average molecular weight is 1170 g/mol. The van der Waals surface area contributed by atoms with Crippen molar-refractivity contribution >= 4 is 69.1 Å². The molecule has 0 bridgehead atoms. The molecule has 12 rings (SSSR count). The molecule has 452 valence electrons. The number of hydrogen-bond acceptors (Lipinski definition) is 18. The van der Waals surface area contributed by atoms with Gasteiger partial charge in [-0.25, -0.2) is 28.1 Å². The van der Waals surface area contributed by atoms with Crippen LogP contribution in [0.5, 0.6) is 17.2 Å². The number of allylic oxidation sites excluding steroid dienone is 3. The van der Waals surface area contributed by atoms with Crippen LogP contribution in [-0.2, 0) is 19.3 Å². The molecule has 0 aliphatic carbocycles. The van der Waals surface area contributed by atoms with E-state index in [0.29, 0.717) is 145 Å². The summed E-state index contributed by atoms with van der Waals surface area (Å²) in [6.07, 6.45) is 12.0. The summed E-state index contributed by atoms with van der Waals surface area (Å²) in [5, 5.41) is 23.1. The Morgan fingerprint density at radius 1 is 0.605 bits per heavy atom. The highest BCUT2D eigenvalue weighted by atomic mass is 19.1. The number of fused-ring (bicyclic) bond motifs is 3. The monoisotopic (exact) mass is 1170 g/mol. The summed E-state index contributed by atoms with van der Waals surface area (Å²) < 4.78 is 70.8. The number of benzene rings is 3. The number of anilines is 9. The van der Waals surface area contributed by atoms with Gasteiger partial charge in [-0.3, -0.25) is 4.90 Å². The molecule has 3 aromatic carbocycles. The van der Waals surface area contributed by atoms with Gasteiger partial charge in [0, 0.05) is 103 Å². The molecule has 21 heteroatoms. The predicted octanol–water partition coefficient (Wildman–Crippen LogP) is 11.6. The Morgan fingerprint density at radius 3 is 1.70 bits per heavy atom. The second kappa shape index (κ2) is 25.1. The van der Waals surface area contributed by atoms with Crippen LogP contribution >= 0.6 is 0 Å². The standard InChI is InChI=1S/C65H78F3N15O3/c1-9-83-21-11-12-40(17-22-83)55-58(67)49(31-44-28-46(85-61(44)55)33-71-52-25-37(4)74-64(80-52)76-48-30-43-18-23-84-60(43)54(57(48)66)41-15-14-35(2)70-19-16-41)78-65-75-38(5)26-53(81-65)72-34-47-29-45-32-50(77-63-73-36(3)24-51(69-7)79-63)59(68)56(62(45)86-47)42-13-10-20-82(8)39(6)27-42/h16-17,24-27,30-32,35,39,46-47,70H,9-15,18-23,28-29,33-34H2,1-8H3,(H2,69,73,77,79)(H2,71,74,76,80)(H2,72,75,78,81). The zero-order valence-corrected chi connectivity index (χ0v) is 50.5. The third-order valence-corrected chi connectivity index (χ3v) is 17.2. The Hall–Kier alpha value is -8.01. The maximum absolute atomic E-state index is 17.6. The lowest BCUT2D eigenvalue weighted by atomic mass is 9.95. The molecule has 6 aromatic rings. The average Bonchev–Trinajstić information content (AvgIpc) is 1.86. The van der Waals surface area contributed by atoms with Crippen molar-refractivity contribution in [3.63, 3.8) is 0 Å². The maximum atomic E-state index is 17.6. The van der Waals surface area contributed by atoms with Crippen molar-refractivity contribution in [1.29, 1.82) is 0 Å². The number of likely N-dealkylation sites (N-methyl/N-ethyl adjacent to an activating group) is 2. The lowest BCUT2D eigenvalue weighted by molar-refractivity contribution is 0.245. The maximum Gasteiger partial charge on any atom is 0.229 e. The fourth-order valence-corrected chi connectivity index (χ4v) is 12.6. The quantitative estimate of drug-likeness (QED) is 0.0455. The van der Waals surface area contributed by atoms with Gasteiger partial charge in [-0.15, -0.1) is 0 Å². The number of rotatable bonds is 17. The van der Waals surface area contributed by atoms with Crippen molar-refractivity contribution in [2.24, 2.45) is 0 Å². The van der Waals surface area contributed by atoms with E-state index in [1.165, 1.54) is 0 Å². The summed E-state index contributed by atoms with van der Waals surface area (Å²) in [7, 11) is 3.87. The van der Waals surface area contributed by atoms with Crippen molar-refractivity contribution in [1.82, 2.24) is 45.0 Å². The van der Waals surface area contributed by atoms with E-state index in [0.717, 1.165) is 84.4 Å². The van der Waals surface area contributed by atoms with Crippen LogP contribution in [0.25, 0.3) is 16.7 Å². The minimum atomic E-state index is -0.444. The summed E-state index contributed by atoms with van der Waals surface area (Å²) in [4.78, 5) is 32.8. The first kappa shape index (κ1) is 58.4. The van der Waals surface area contributed by atoms with Crippen molar-refractivity contribution in [3.05, 3.63) is 123 Å². The highest BCUT2D eigenvalue weighted by molar-refractivity contribution is 5.81. The first-order valence-electron chi connectivity index (χ1n) is 30.4. The topological polar surface area (TPSA) is 196 Å². The molecule has 4 atom stereocenters. The third kappa shape index (κ3) is 12.6. The van der Waals surface area contributed by atoms with E-state index in [4.69, 9.17) is 29.2 Å². The zero-order valence-electron chi connectivity index (χ0n) is 50.5. The molecule has 0 amide bonds. The highest BCUT2D eigenvalue weighted by Crippen LogP contribution is 2.47. The molecule has 0 fully saturated rings. The van der Waals surface area contributed by atoms with Crippen molar-refractivity contribution in [2.75, 3.05) is 98.4 Å². The smallest absolute Gasteiger partial charge is 0.229 e. The first-order valence-corrected chi connectivity index (χ1v) is 30.4. The van der Waals surface area contributed by atoms with Crippen molar-refractivity contribution in [2.45, 2.75) is 124 Å². The molecule has 9 heterocycles. The Kier molecular flexibility index (Phi) is 17.1. The SMILES string of the molecule is CCN1CC=C(c2c(F)c(Nc3nc(C)cc(NCC4Cc5cc(Nc6nc(C)cc(NC)n6)c(F)c(C6=CC(C)N(C)CCC6)c5O4)n3)cc3c2OC(CNc2cc(C)nc(Nc4cc5c(c(C6=CCNC(C)CC6)c4F)OCC5)n2)C3)CCC1. The number of nitrogens with zero attached hydrogens (tertiary/aromatic N) is 8. The van der Waals surface area contributed by atoms with Crippen molar-refractivity contribution < 1.29 is 27.4 Å². The summed E-state index contributed by atoms with van der Waals surface area (Å²) in [5.74, 6) is 2.89. The number of nitrogens with one attached hydrogen (secondary N) is 7. The van der Waals surface area contributed by atoms with Crippen LogP contribution in [-0.4, -0.2) is 131 Å². The largest absolute Gasteiger partial charge is 0.492 e. The van der Waals surface area contributed by atoms with Crippen LogP contribution in [0, 0.1) is 38.2 Å². The van der Waals surface area contributed by atoms with E-state index in [-0.39, 0.29) is 47.3 Å². The van der Waals surface area contributed by atoms with E-state index in [1.54, 1.807) is 7.05 Å². The Bertz CT molecular complexity index is 3670. The van der Waals surface area contributed by atoms with Crippen LogP contribution in [0.3, 0.4) is 0 Å². The number of ether oxygens (including phenoxy) is 3. The van der Waals surface area contributed by atoms with Gasteiger partial charge in [0.25, 0.3) is 0 Å². The van der Waals surface area contributed by atoms with Gasteiger partial charge in [0.2, 0.25) is 17.8 Å². The van der Waals surface area contributed by atoms with Gasteiger partial charge in [0.1, 0.15) is 46.9 Å². The molecule has 3 aromatic heterocycles. The van der Waals surface area contributed by atoms with Crippen LogP contribution in [0.15, 0.2) is 54.6 Å². The minimum Gasteiger partial charge on any atom is -0.492 e. The molecule has 6 aliphatic rings. The molecule has 0 radical (unpaired) electrons. The van der Waals surface area contributed by atoms with Gasteiger partial charge in [0.05, 0.1) is 53.4 Å². The van der Waals surface area contributed by atoms with E-state index >= 15 is 13.2 Å². The summed E-state index contributed by atoms with van der Waals surface area (Å²) >= 11 is 0. The summed E-state index contributed by atoms with van der Waals surface area (Å²) in [5.41, 5.74) is 9.71. The van der Waals surface area contributed by atoms with E-state index in [2.05, 4.69) is 108 Å². The van der Waals surface area contributed by atoms with Gasteiger partial charge < -0.3 is 56.3 Å². The molecule has 0 saturated heterocycles. The van der Waals surface area contributed by atoms with Gasteiger partial charge in [-0.2, -0.15) is 15.0 Å². The van der Waals surface area contributed by atoms with Crippen LogP contribution in [0.2, 0.25) is 0 Å². The number of aryl methyl sites for hydroxylation is 3. The molecule has 6 aliphatic heterocycles. The summed E-state index contributed by atoms with van der Waals surface area (Å²) in [6.45, 7) is 17.3. The molecule has 4 unspecified atom stereocenters. The molecule has 18 nitrogen and oxygen atoms in total. The van der Waals surface area contributed by atoms with Crippen LogP contribution in [0.4, 0.5) is 65.5 Å². The van der Waals surface area contributed by atoms with E-state index in [9.17, 15) is 0 Å². The van der Waals surface area contributed by atoms with Gasteiger partial charge in [-0.1, -0.05) is 25.2 Å². The fourth-order valence-electron chi connectivity index (χ4n) is 12.6. The zero-order chi connectivity index (χ0) is 59.8. The highest BCUT2D eigenvalue weighted by Gasteiger charge is 2.35. The molecular weight excluding hydrogens is 1100 g/mol. The van der Waals surface area contributed by atoms with Crippen molar-refractivity contribution in [3.8, 4) is 17.2 Å². The van der Waals surface area contributed by atoms with Crippen LogP contribution in [0.1, 0.15) is 110 Å². The lowest BCUT2D eigenvalue weighted by Crippen LogP contribution is -2.26. The fraction of sp³-hybridized carbons (Fsp3) is 0.446. The predicted molar refractivity (Wildman–Crippen MR) is 335 cm³/mol. The normalized spacial score (nSPS) is 20.3. The number of aromatic nitrogens is 6. The second-order valence-corrected chi connectivity index (χ2v) is 23.7. The van der Waals surface area contributed by atoms with E-state index in [1.807, 2.05) is 57.2 Å². The Balaban J connectivity index is 0.767. The van der Waals surface area contributed by atoms with Gasteiger partial charge in [0.15, 0.2) is 17.5 Å². The first-order chi connectivity index (χ1) is 41.6. The minimum absolute atomic E-state index is 0.100. The Labute approximate surface area is 501 Å². The number of halogens is 3. The van der Waals surface area contributed by atoms with Gasteiger partial charge in [-0.05, 0) is 135 Å². The molecule has 0 saturated carbocycles. The third-order valence-electron chi connectivity index (χ3n) is 17.2. The molecule has 7 N–H and O–H groups in total. The van der Waals surface area contributed by atoms with Crippen LogP contribution < -0.4 is 51.4 Å². The van der Waals surface area contributed by atoms with E-state index < -0.39 is 11.6 Å². The lowest BCUT2D eigenvalue weighted by Gasteiger charge is -2.20. The Morgan fingerprint density at radius 2 is 1.12 bits per heavy atom. The van der Waals surface area contributed by atoms with Gasteiger partial charge >= 0.3 is 0 Å².